The minimum atomic E-state index is 0. The average molecular weight is 184 g/mol. The second kappa shape index (κ2) is 19.6. The third-order valence-electron chi connectivity index (χ3n) is 0. The van der Waals surface area contributed by atoms with Gasteiger partial charge in [-0.05, 0) is 0 Å². The minimum absolute atomic E-state index is 0. The smallest absolute Gasteiger partial charge is 0 e. The Labute approximate surface area is 69.1 Å². The molecule has 0 aromatic heterocycles. The van der Waals surface area contributed by atoms with E-state index < -0.39 is 0 Å². The first-order valence-electron chi connectivity index (χ1n) is 0. The van der Waals surface area contributed by atoms with Crippen LogP contribution in [-0.4, -0.2) is 50.2 Å². The van der Waals surface area contributed by atoms with Crippen LogP contribution in [0.4, 0.5) is 0 Å². The van der Waals surface area contributed by atoms with Crippen LogP contribution in [-0.2, 0) is 19.5 Å². The Morgan fingerprint density at radius 1 is 1.00 bits per heavy atom. The molecular weight excluding hydrogens is 178 g/mol. The van der Waals surface area contributed by atoms with Crippen molar-refractivity contribution in [3.8, 4) is 0 Å². The molecule has 0 fully saturated rings. The van der Waals surface area contributed by atoms with Gasteiger partial charge in [0.1, 0.15) is 0 Å². The zero-order chi connectivity index (χ0) is 0. The molecule has 0 unspecified atom stereocenters. The number of rotatable bonds is 0. The van der Waals surface area contributed by atoms with Crippen molar-refractivity contribution in [1.29, 1.82) is 0 Å². The van der Waals surface area contributed by atoms with E-state index in [0.29, 0.717) is 0 Å². The van der Waals surface area contributed by atoms with Crippen molar-refractivity contribution in [2.45, 2.75) is 0 Å². The third-order valence-corrected chi connectivity index (χ3v) is 0. The maximum absolute atomic E-state index is 0. The predicted octanol–water partition coefficient (Wildman–Crippen LogP) is -2.75. The van der Waals surface area contributed by atoms with Gasteiger partial charge in [-0.3, -0.25) is 0 Å². The molecule has 0 rings (SSSR count). The third kappa shape index (κ3) is 8.95. The van der Waals surface area contributed by atoms with Gasteiger partial charge in [0.25, 0.3) is 0 Å². The summed E-state index contributed by atoms with van der Waals surface area (Å²) >= 11 is 0. The van der Waals surface area contributed by atoms with Crippen molar-refractivity contribution in [2.75, 3.05) is 0 Å². The molecule has 0 saturated carbocycles. The van der Waals surface area contributed by atoms with Crippen LogP contribution in [0.5, 0.6) is 0 Å². The average Bonchev–Trinajstić information content (AvgIpc) is 0. The Kier molecular flexibility index (Phi) is 177. The molecule has 0 N–H and O–H groups in total. The summed E-state index contributed by atoms with van der Waals surface area (Å²) in [7, 11) is 0. The molecule has 0 aromatic rings. The Balaban J connectivity index is 0. The molecule has 0 nitrogen and oxygen atoms in total. The van der Waals surface area contributed by atoms with Crippen molar-refractivity contribution in [3.63, 3.8) is 0 Å². The Morgan fingerprint density at radius 3 is 1.00 bits per heavy atom. The van der Waals surface area contributed by atoms with E-state index in [2.05, 4.69) is 0 Å². The molecule has 18 valence electrons. The monoisotopic (exact) mass is 183 g/mol. The Morgan fingerprint density at radius 2 is 1.00 bits per heavy atom. The van der Waals surface area contributed by atoms with Gasteiger partial charge in [0.2, 0.25) is 0 Å². The van der Waals surface area contributed by atoms with E-state index in [9.17, 15) is 0 Å². The molecule has 0 saturated heterocycles. The fraction of sp³-hybridized carbons (Fsp3) is 0. The Bertz CT molecular complexity index is 8.00. The quantitative estimate of drug-likeness (QED) is 0.358. The van der Waals surface area contributed by atoms with Gasteiger partial charge in [0.05, 0.1) is 0 Å². The van der Waals surface area contributed by atoms with E-state index in [1.165, 1.54) is 0 Å². The van der Waals surface area contributed by atoms with E-state index >= 15 is 0 Å². The van der Waals surface area contributed by atoms with Crippen molar-refractivity contribution in [2.24, 2.45) is 0 Å². The van der Waals surface area contributed by atoms with Crippen LogP contribution in [0.2, 0.25) is 0 Å². The van der Waals surface area contributed by atoms with Gasteiger partial charge in [0.15, 0.2) is 0 Å². The number of hydrogen-bond acceptors (Lipinski definition) is 0. The van der Waals surface area contributed by atoms with Gasteiger partial charge in [0, 0.05) is 19.5 Å². The molecule has 4 heavy (non-hydrogen) atoms. The van der Waals surface area contributed by atoms with Crippen LogP contribution < -0.4 is 0 Å². The van der Waals surface area contributed by atoms with Gasteiger partial charge in [-0.1, -0.05) is 0 Å². The summed E-state index contributed by atoms with van der Waals surface area (Å²) < 4.78 is 0. The molecule has 0 heterocycles. The molecule has 0 aromatic carbocycles. The van der Waals surface area contributed by atoms with E-state index in [1.807, 2.05) is 0 Å². The second-order valence-electron chi connectivity index (χ2n) is 0. The summed E-state index contributed by atoms with van der Waals surface area (Å²) in [6.07, 6.45) is 0. The van der Waals surface area contributed by atoms with Crippen molar-refractivity contribution in [1.82, 2.24) is 0 Å². The first kappa shape index (κ1) is 36.3. The molecule has 0 atom stereocenters. The van der Waals surface area contributed by atoms with Crippen molar-refractivity contribution >= 4 is 50.2 Å². The normalized spacial score (nSPS) is 0. The zero-order valence-corrected chi connectivity index (χ0v) is 6.27. The van der Waals surface area contributed by atoms with E-state index in [1.54, 1.807) is 0 Å². The first-order valence-corrected chi connectivity index (χ1v) is 0. The zero-order valence-electron chi connectivity index (χ0n) is 1.21. The molecule has 0 radical (unpaired) electrons. The maximum atomic E-state index is 0. The van der Waals surface area contributed by atoms with Crippen LogP contribution in [0.25, 0.3) is 0 Å². The van der Waals surface area contributed by atoms with Gasteiger partial charge >= 0.3 is 50.2 Å². The van der Waals surface area contributed by atoms with E-state index in [0.717, 1.165) is 0 Å². The fourth-order valence-corrected chi connectivity index (χ4v) is 0. The van der Waals surface area contributed by atoms with Gasteiger partial charge in [-0.25, -0.2) is 0 Å². The Hall–Kier alpha value is 2.08. The maximum Gasteiger partial charge on any atom is 0 e. The SMILES string of the molecule is [BeH2].[MgH2].[SeH2].[Zn]. The predicted molar refractivity (Wildman–Crippen MR) is 25.6 cm³/mol. The first-order chi connectivity index (χ1) is 0. The van der Waals surface area contributed by atoms with Crippen LogP contribution in [0.3, 0.4) is 0 Å². The summed E-state index contributed by atoms with van der Waals surface area (Å²) in [5.41, 5.74) is 0. The molecule has 0 spiro atoms. The van der Waals surface area contributed by atoms with Gasteiger partial charge < -0.3 is 0 Å². The summed E-state index contributed by atoms with van der Waals surface area (Å²) in [6, 6.07) is 0. The van der Waals surface area contributed by atoms with E-state index in [-0.39, 0.29) is 69.7 Å². The van der Waals surface area contributed by atoms with Gasteiger partial charge in [-0.2, -0.15) is 0 Å². The molecule has 0 aliphatic carbocycles. The summed E-state index contributed by atoms with van der Waals surface area (Å²) in [4.78, 5) is 0. The fourth-order valence-electron chi connectivity index (χ4n) is 0. The van der Waals surface area contributed by atoms with Crippen LogP contribution in [0.1, 0.15) is 0 Å². The van der Waals surface area contributed by atoms with Gasteiger partial charge in [-0.15, -0.1) is 0 Å². The van der Waals surface area contributed by atoms with Crippen molar-refractivity contribution < 1.29 is 19.5 Å². The topological polar surface area (TPSA) is 0 Å². The van der Waals surface area contributed by atoms with Crippen LogP contribution >= 0.6 is 0 Å². The largest absolute Gasteiger partial charge is 0 e. The number of hydrogen-bond donors (Lipinski definition) is 0. The molecule has 0 bridgehead atoms. The molecule has 0 aliphatic rings. The standard InChI is InChI=1S/Be.Mg.H2Se.Zn.4H/h;;1H2;;;;;. The van der Waals surface area contributed by atoms with Crippen LogP contribution in [0.15, 0.2) is 0 Å². The minimum Gasteiger partial charge on any atom is 0 e. The molecule has 0 aliphatic heterocycles. The van der Waals surface area contributed by atoms with E-state index in [4.69, 9.17) is 0 Å². The van der Waals surface area contributed by atoms with Crippen LogP contribution in [0, 0.1) is 0 Å². The molecule has 4 heteroatoms. The molecular formula is H6BeMgSeZn. The summed E-state index contributed by atoms with van der Waals surface area (Å²) in [5, 5.41) is 0. The summed E-state index contributed by atoms with van der Waals surface area (Å²) in [5.74, 6) is 0. The molecule has 0 amide bonds. The second-order valence-corrected chi connectivity index (χ2v) is 0. The summed E-state index contributed by atoms with van der Waals surface area (Å²) in [6.45, 7) is 0. The van der Waals surface area contributed by atoms with Crippen molar-refractivity contribution in [3.05, 3.63) is 0 Å².